The highest BCUT2D eigenvalue weighted by atomic mass is 32.1. The first-order valence-electron chi connectivity index (χ1n) is 4.82. The summed E-state index contributed by atoms with van der Waals surface area (Å²) in [5.74, 6) is -2.56. The standard InChI is InChI=1S/C10H9F2N3S/c11-10(12)4-15(5-10)9-14-7-3-6(13)1-2-8(7)16-9/h1-3H,4-5,13H2. The van der Waals surface area contributed by atoms with Crippen molar-refractivity contribution in [3.63, 3.8) is 0 Å². The number of halogens is 2. The molecule has 0 bridgehead atoms. The first kappa shape index (κ1) is 9.77. The molecule has 16 heavy (non-hydrogen) atoms. The Balaban J connectivity index is 1.95. The number of anilines is 2. The molecule has 2 N–H and O–H groups in total. The van der Waals surface area contributed by atoms with E-state index in [1.807, 2.05) is 6.07 Å². The molecule has 0 radical (unpaired) electrons. The zero-order chi connectivity index (χ0) is 11.3. The van der Waals surface area contributed by atoms with Crippen molar-refractivity contribution in [1.29, 1.82) is 0 Å². The van der Waals surface area contributed by atoms with Gasteiger partial charge in [-0.3, -0.25) is 0 Å². The summed E-state index contributed by atoms with van der Waals surface area (Å²) in [6, 6.07) is 5.41. The van der Waals surface area contributed by atoms with E-state index in [4.69, 9.17) is 5.73 Å². The van der Waals surface area contributed by atoms with Crippen LogP contribution in [0.25, 0.3) is 10.2 Å². The van der Waals surface area contributed by atoms with Crippen molar-refractivity contribution in [2.24, 2.45) is 0 Å². The number of aromatic nitrogens is 1. The maximum atomic E-state index is 12.7. The summed E-state index contributed by atoms with van der Waals surface area (Å²) in [6.45, 7) is -0.468. The number of benzene rings is 1. The maximum Gasteiger partial charge on any atom is 0.282 e. The Morgan fingerprint density at radius 3 is 2.81 bits per heavy atom. The highest BCUT2D eigenvalue weighted by Crippen LogP contribution is 2.36. The van der Waals surface area contributed by atoms with Crippen molar-refractivity contribution in [2.75, 3.05) is 23.7 Å². The minimum absolute atomic E-state index is 0.234. The molecule has 3 nitrogen and oxygen atoms in total. The molecule has 0 amide bonds. The van der Waals surface area contributed by atoms with Crippen LogP contribution >= 0.6 is 11.3 Å². The topological polar surface area (TPSA) is 42.1 Å². The Morgan fingerprint density at radius 2 is 2.12 bits per heavy atom. The highest BCUT2D eigenvalue weighted by molar-refractivity contribution is 7.22. The molecule has 1 aliphatic heterocycles. The minimum atomic E-state index is -2.56. The summed E-state index contributed by atoms with van der Waals surface area (Å²) < 4.78 is 26.4. The quantitative estimate of drug-likeness (QED) is 0.779. The SMILES string of the molecule is Nc1ccc2sc(N3CC(F)(F)C3)nc2c1. The molecule has 2 heterocycles. The third-order valence-electron chi connectivity index (χ3n) is 2.52. The molecule has 1 aromatic carbocycles. The fourth-order valence-corrected chi connectivity index (χ4v) is 2.66. The molecule has 0 spiro atoms. The monoisotopic (exact) mass is 241 g/mol. The van der Waals surface area contributed by atoms with Crippen LogP contribution < -0.4 is 10.6 Å². The molecule has 1 aromatic heterocycles. The predicted octanol–water partition coefficient (Wildman–Crippen LogP) is 2.33. The van der Waals surface area contributed by atoms with Crippen LogP contribution in [-0.4, -0.2) is 24.0 Å². The summed E-state index contributed by atoms with van der Waals surface area (Å²) in [5.41, 5.74) is 7.04. The van der Waals surface area contributed by atoms with Gasteiger partial charge in [-0.05, 0) is 18.2 Å². The largest absolute Gasteiger partial charge is 0.399 e. The Bertz CT molecular complexity index is 544. The third-order valence-corrected chi connectivity index (χ3v) is 3.61. The fraction of sp³-hybridized carbons (Fsp3) is 0.300. The van der Waals surface area contributed by atoms with Gasteiger partial charge in [0.25, 0.3) is 5.92 Å². The number of nitrogen functional groups attached to an aromatic ring is 1. The molecule has 0 unspecified atom stereocenters. The van der Waals surface area contributed by atoms with Crippen LogP contribution in [0.4, 0.5) is 19.6 Å². The van der Waals surface area contributed by atoms with E-state index >= 15 is 0 Å². The van der Waals surface area contributed by atoms with E-state index in [1.165, 1.54) is 11.3 Å². The van der Waals surface area contributed by atoms with Gasteiger partial charge in [-0.1, -0.05) is 11.3 Å². The van der Waals surface area contributed by atoms with Crippen molar-refractivity contribution in [2.45, 2.75) is 5.92 Å². The van der Waals surface area contributed by atoms with Gasteiger partial charge in [-0.25, -0.2) is 13.8 Å². The van der Waals surface area contributed by atoms with Gasteiger partial charge in [0, 0.05) is 5.69 Å². The van der Waals surface area contributed by atoms with Gasteiger partial charge in [0.05, 0.1) is 23.3 Å². The van der Waals surface area contributed by atoms with E-state index in [2.05, 4.69) is 4.98 Å². The number of alkyl halides is 2. The Morgan fingerprint density at radius 1 is 1.38 bits per heavy atom. The zero-order valence-corrected chi connectivity index (χ0v) is 9.10. The number of nitrogens with zero attached hydrogens (tertiary/aromatic N) is 2. The third kappa shape index (κ3) is 1.49. The normalized spacial score (nSPS) is 18.8. The second kappa shape index (κ2) is 3.04. The minimum Gasteiger partial charge on any atom is -0.399 e. The first-order valence-corrected chi connectivity index (χ1v) is 5.64. The number of hydrogen-bond acceptors (Lipinski definition) is 4. The van der Waals surface area contributed by atoms with Crippen molar-refractivity contribution >= 4 is 32.4 Å². The molecule has 1 fully saturated rings. The second-order valence-corrected chi connectivity index (χ2v) is 4.94. The molecular formula is C10H9F2N3S. The molecule has 0 aliphatic carbocycles. The van der Waals surface area contributed by atoms with Crippen molar-refractivity contribution in [3.05, 3.63) is 18.2 Å². The summed E-state index contributed by atoms with van der Waals surface area (Å²) in [4.78, 5) is 5.88. The van der Waals surface area contributed by atoms with Crippen LogP contribution in [-0.2, 0) is 0 Å². The molecule has 6 heteroatoms. The summed E-state index contributed by atoms with van der Waals surface area (Å²) in [5, 5.41) is 0.645. The van der Waals surface area contributed by atoms with Crippen LogP contribution in [0.1, 0.15) is 0 Å². The van der Waals surface area contributed by atoms with Crippen molar-refractivity contribution in [3.8, 4) is 0 Å². The van der Waals surface area contributed by atoms with Crippen LogP contribution in [0.3, 0.4) is 0 Å². The van der Waals surface area contributed by atoms with E-state index in [-0.39, 0.29) is 13.1 Å². The maximum absolute atomic E-state index is 12.7. The highest BCUT2D eigenvalue weighted by Gasteiger charge is 2.45. The summed E-state index contributed by atoms with van der Waals surface area (Å²) >= 11 is 1.42. The summed E-state index contributed by atoms with van der Waals surface area (Å²) in [6.07, 6.45) is 0. The molecular weight excluding hydrogens is 232 g/mol. The van der Waals surface area contributed by atoms with Crippen molar-refractivity contribution < 1.29 is 8.78 Å². The molecule has 0 atom stereocenters. The zero-order valence-electron chi connectivity index (χ0n) is 8.28. The number of hydrogen-bond donors (Lipinski definition) is 1. The van der Waals surface area contributed by atoms with E-state index in [1.54, 1.807) is 17.0 Å². The van der Waals surface area contributed by atoms with Gasteiger partial charge < -0.3 is 10.6 Å². The first-order chi connectivity index (χ1) is 7.53. The lowest BCUT2D eigenvalue weighted by atomic mass is 10.2. The lowest BCUT2D eigenvalue weighted by Crippen LogP contribution is -2.56. The number of rotatable bonds is 1. The van der Waals surface area contributed by atoms with E-state index < -0.39 is 5.92 Å². The van der Waals surface area contributed by atoms with E-state index in [0.29, 0.717) is 10.8 Å². The second-order valence-electron chi connectivity index (χ2n) is 3.94. The lowest BCUT2D eigenvalue weighted by molar-refractivity contribution is -0.0262. The van der Waals surface area contributed by atoms with Gasteiger partial charge in [0.1, 0.15) is 0 Å². The van der Waals surface area contributed by atoms with Gasteiger partial charge in [-0.15, -0.1) is 0 Å². The average molecular weight is 241 g/mol. The van der Waals surface area contributed by atoms with Gasteiger partial charge in [0.15, 0.2) is 5.13 Å². The van der Waals surface area contributed by atoms with Gasteiger partial charge in [0.2, 0.25) is 0 Å². The number of nitrogens with two attached hydrogens (primary N) is 1. The lowest BCUT2D eigenvalue weighted by Gasteiger charge is -2.38. The van der Waals surface area contributed by atoms with E-state index in [9.17, 15) is 8.78 Å². The number of thiazole rings is 1. The molecule has 0 saturated carbocycles. The fourth-order valence-electron chi connectivity index (χ4n) is 1.71. The Kier molecular flexibility index (Phi) is 1.85. The average Bonchev–Trinajstić information content (AvgIpc) is 2.56. The van der Waals surface area contributed by atoms with Crippen LogP contribution in [0.15, 0.2) is 18.2 Å². The molecule has 2 aromatic rings. The summed E-state index contributed by atoms with van der Waals surface area (Å²) in [7, 11) is 0. The van der Waals surface area contributed by atoms with Crippen molar-refractivity contribution in [1.82, 2.24) is 4.98 Å². The number of fused-ring (bicyclic) bond motifs is 1. The molecule has 1 aliphatic rings. The van der Waals surface area contributed by atoms with Crippen LogP contribution in [0, 0.1) is 0 Å². The predicted molar refractivity (Wildman–Crippen MR) is 61.2 cm³/mol. The van der Waals surface area contributed by atoms with Gasteiger partial charge >= 0.3 is 0 Å². The smallest absolute Gasteiger partial charge is 0.282 e. The Labute approximate surface area is 94.5 Å². The van der Waals surface area contributed by atoms with Crippen LogP contribution in [0.5, 0.6) is 0 Å². The van der Waals surface area contributed by atoms with Crippen LogP contribution in [0.2, 0.25) is 0 Å². The Hall–Kier alpha value is -1.43. The molecule has 84 valence electrons. The molecule has 1 saturated heterocycles. The van der Waals surface area contributed by atoms with Gasteiger partial charge in [-0.2, -0.15) is 0 Å². The van der Waals surface area contributed by atoms with E-state index in [0.717, 1.165) is 10.2 Å². The molecule has 3 rings (SSSR count).